The second-order valence-corrected chi connectivity index (χ2v) is 12.0. The van der Waals surface area contributed by atoms with Gasteiger partial charge < -0.3 is 29.5 Å². The number of carbonyl (C=O) groups excluding carboxylic acids is 3. The Morgan fingerprint density at radius 2 is 1.45 bits per heavy atom. The van der Waals surface area contributed by atoms with Crippen molar-refractivity contribution in [3.63, 3.8) is 0 Å². The summed E-state index contributed by atoms with van der Waals surface area (Å²) in [4.78, 5) is 55.6. The zero-order valence-electron chi connectivity index (χ0n) is 29.3. The van der Waals surface area contributed by atoms with E-state index in [9.17, 15) is 37.5 Å². The van der Waals surface area contributed by atoms with Crippen molar-refractivity contribution in [1.29, 1.82) is 0 Å². The number of hydrogen-bond acceptors (Lipinski definition) is 8. The lowest BCUT2D eigenvalue weighted by molar-refractivity contribution is -0.139. The first-order valence-electron chi connectivity index (χ1n) is 16.9. The fourth-order valence-corrected chi connectivity index (χ4v) is 5.20. The highest BCUT2D eigenvalue weighted by Crippen LogP contribution is 2.34. The van der Waals surface area contributed by atoms with Crippen molar-refractivity contribution >= 4 is 23.8 Å². The zero-order valence-corrected chi connectivity index (χ0v) is 29.3. The van der Waals surface area contributed by atoms with Gasteiger partial charge >= 0.3 is 18.1 Å². The summed E-state index contributed by atoms with van der Waals surface area (Å²) >= 11 is 0. The van der Waals surface area contributed by atoms with Crippen LogP contribution in [0.2, 0.25) is 0 Å². The van der Waals surface area contributed by atoms with E-state index in [0.717, 1.165) is 23.8 Å². The summed E-state index contributed by atoms with van der Waals surface area (Å²) in [6.07, 6.45) is 2.23. The summed E-state index contributed by atoms with van der Waals surface area (Å²) < 4.78 is 56.6. The number of carboxylic acid groups (broad SMARTS) is 1. The Kier molecular flexibility index (Phi) is 14.3. The lowest BCUT2D eigenvalue weighted by Crippen LogP contribution is -2.35. The smallest absolute Gasteiger partial charge is 0.416 e. The van der Waals surface area contributed by atoms with Crippen molar-refractivity contribution < 1.29 is 51.7 Å². The molecule has 0 fully saturated rings. The van der Waals surface area contributed by atoms with Crippen LogP contribution in [0.4, 0.5) is 13.2 Å². The number of halogens is 3. The molecule has 4 rings (SSSR count). The molecule has 280 valence electrons. The maximum absolute atomic E-state index is 13.5. The van der Waals surface area contributed by atoms with E-state index in [-0.39, 0.29) is 34.7 Å². The molecule has 0 atom stereocenters. The molecule has 0 radical (unpaired) electrons. The summed E-state index contributed by atoms with van der Waals surface area (Å²) in [6.45, 7) is 1.47. The molecule has 1 heterocycles. The molecule has 0 unspecified atom stereocenters. The highest BCUT2D eigenvalue weighted by Gasteiger charge is 2.34. The van der Waals surface area contributed by atoms with Crippen molar-refractivity contribution in [2.45, 2.75) is 58.3 Å². The number of carbonyl (C=O) groups is 4. The molecule has 0 saturated carbocycles. The van der Waals surface area contributed by atoms with Gasteiger partial charge in [0, 0.05) is 17.7 Å². The van der Waals surface area contributed by atoms with Crippen LogP contribution < -0.4 is 19.5 Å². The molecule has 2 N–H and O–H groups in total. The van der Waals surface area contributed by atoms with Crippen molar-refractivity contribution in [1.82, 2.24) is 15.2 Å². The Morgan fingerprint density at radius 3 is 2.08 bits per heavy atom. The molecule has 0 aliphatic carbocycles. The molecule has 53 heavy (non-hydrogen) atoms. The first kappa shape index (κ1) is 39.9. The number of rotatable bonds is 18. The van der Waals surface area contributed by atoms with E-state index in [1.807, 2.05) is 0 Å². The number of aliphatic carboxylic acids is 1. The second-order valence-electron chi connectivity index (χ2n) is 12.0. The van der Waals surface area contributed by atoms with Crippen LogP contribution in [0.15, 0.2) is 85.1 Å². The third kappa shape index (κ3) is 12.1. The molecule has 3 aromatic carbocycles. The van der Waals surface area contributed by atoms with E-state index in [0.29, 0.717) is 23.6 Å². The normalized spacial score (nSPS) is 11.0. The van der Waals surface area contributed by atoms with Gasteiger partial charge in [0.1, 0.15) is 23.8 Å². The van der Waals surface area contributed by atoms with Gasteiger partial charge in [0.25, 0.3) is 11.8 Å². The maximum Gasteiger partial charge on any atom is 0.416 e. The lowest BCUT2D eigenvalue weighted by atomic mass is 10.1. The number of alkyl halides is 3. The maximum atomic E-state index is 13.5. The van der Waals surface area contributed by atoms with Gasteiger partial charge in [-0.2, -0.15) is 13.2 Å². The molecule has 0 spiro atoms. The van der Waals surface area contributed by atoms with Crippen LogP contribution in [0.25, 0.3) is 0 Å². The summed E-state index contributed by atoms with van der Waals surface area (Å²) in [7, 11) is 1.25. The van der Waals surface area contributed by atoms with Crippen molar-refractivity contribution in [2.75, 3.05) is 20.3 Å². The Bertz CT molecular complexity index is 1850. The highest BCUT2D eigenvalue weighted by molar-refractivity contribution is 5.98. The standard InChI is InChI=1S/C39H40F3N3O8/c1-3-4-5-6-7-20-52-31-16-12-28(13-17-31)38(50)53-33-19-15-30(43-23-33)24-45(25-35(46)47)37(49)27-10-8-26(9-11-27)36(48)44-22-29-14-18-32(51-2)21-34(29)39(40,41)42/h8-19,21,23H,3-7,20,22,24-25H2,1-2H3,(H,44,48)(H,46,47). The highest BCUT2D eigenvalue weighted by atomic mass is 19.4. The van der Waals surface area contributed by atoms with E-state index in [4.69, 9.17) is 14.2 Å². The molecular formula is C39H40F3N3O8. The van der Waals surface area contributed by atoms with Crippen LogP contribution in [0.5, 0.6) is 17.2 Å². The molecule has 11 nitrogen and oxygen atoms in total. The number of nitrogens with one attached hydrogen (secondary N) is 1. The summed E-state index contributed by atoms with van der Waals surface area (Å²) in [6, 6.07) is 18.2. The van der Waals surface area contributed by atoms with Crippen LogP contribution in [-0.2, 0) is 24.1 Å². The predicted molar refractivity (Wildman–Crippen MR) is 188 cm³/mol. The van der Waals surface area contributed by atoms with Crippen LogP contribution >= 0.6 is 0 Å². The topological polar surface area (TPSA) is 144 Å². The molecule has 0 aliphatic heterocycles. The summed E-state index contributed by atoms with van der Waals surface area (Å²) in [5, 5.41) is 11.9. The number of esters is 1. The van der Waals surface area contributed by atoms with Gasteiger partial charge in [-0.05, 0) is 84.8 Å². The SMILES string of the molecule is CCCCCCCOc1ccc(C(=O)Oc2ccc(CN(CC(=O)O)C(=O)c3ccc(C(=O)NCc4ccc(OC)cc4C(F)(F)F)cc3)nc2)cc1. The minimum atomic E-state index is -4.67. The largest absolute Gasteiger partial charge is 0.497 e. The number of nitrogens with zero attached hydrogens (tertiary/aromatic N) is 2. The fourth-order valence-electron chi connectivity index (χ4n) is 5.20. The lowest BCUT2D eigenvalue weighted by Gasteiger charge is -2.20. The zero-order chi connectivity index (χ0) is 38.4. The van der Waals surface area contributed by atoms with E-state index in [1.54, 1.807) is 24.3 Å². The molecular weight excluding hydrogens is 695 g/mol. The molecule has 14 heteroatoms. The summed E-state index contributed by atoms with van der Waals surface area (Å²) in [5.74, 6) is -2.44. The minimum Gasteiger partial charge on any atom is -0.497 e. The third-order valence-electron chi connectivity index (χ3n) is 8.04. The van der Waals surface area contributed by atoms with E-state index in [2.05, 4.69) is 17.2 Å². The number of methoxy groups -OCH3 is 1. The molecule has 0 bridgehead atoms. The number of pyridine rings is 1. The van der Waals surface area contributed by atoms with E-state index in [1.165, 1.54) is 81.1 Å². The molecule has 0 aliphatic rings. The first-order valence-corrected chi connectivity index (χ1v) is 16.9. The third-order valence-corrected chi connectivity index (χ3v) is 8.04. The average molecular weight is 736 g/mol. The predicted octanol–water partition coefficient (Wildman–Crippen LogP) is 7.33. The fraction of sp³-hybridized carbons (Fsp3) is 0.308. The van der Waals surface area contributed by atoms with Crippen LogP contribution in [-0.4, -0.2) is 59.0 Å². The quantitative estimate of drug-likeness (QED) is 0.0793. The molecule has 1 aromatic heterocycles. The average Bonchev–Trinajstić information content (AvgIpc) is 3.15. The number of unbranched alkanes of at least 4 members (excludes halogenated alkanes) is 4. The number of aromatic nitrogens is 1. The van der Waals surface area contributed by atoms with E-state index < -0.39 is 48.6 Å². The molecule has 0 saturated heterocycles. The van der Waals surface area contributed by atoms with Gasteiger partial charge in [0.2, 0.25) is 0 Å². The molecule has 4 aromatic rings. The van der Waals surface area contributed by atoms with Crippen molar-refractivity contribution in [3.05, 3.63) is 119 Å². The van der Waals surface area contributed by atoms with Gasteiger partial charge in [-0.3, -0.25) is 19.4 Å². The number of ether oxygens (including phenoxy) is 3. The Balaban J connectivity index is 1.32. The van der Waals surface area contributed by atoms with Gasteiger partial charge in [-0.25, -0.2) is 4.79 Å². The van der Waals surface area contributed by atoms with Crippen LogP contribution in [0.1, 0.15) is 86.9 Å². The molecule has 2 amide bonds. The Morgan fingerprint density at radius 1 is 0.811 bits per heavy atom. The Hall–Kier alpha value is -5.92. The second kappa shape index (κ2) is 19.1. The number of amides is 2. The first-order chi connectivity index (χ1) is 25.4. The summed E-state index contributed by atoms with van der Waals surface area (Å²) in [5.41, 5.74) is -0.370. The monoisotopic (exact) mass is 735 g/mol. The number of benzene rings is 3. The van der Waals surface area contributed by atoms with Gasteiger partial charge in [0.05, 0.1) is 43.3 Å². The van der Waals surface area contributed by atoms with Gasteiger partial charge in [0.15, 0.2) is 0 Å². The number of carboxylic acids is 1. The van der Waals surface area contributed by atoms with Crippen molar-refractivity contribution in [3.8, 4) is 17.2 Å². The van der Waals surface area contributed by atoms with Crippen LogP contribution in [0.3, 0.4) is 0 Å². The van der Waals surface area contributed by atoms with Crippen molar-refractivity contribution in [2.24, 2.45) is 0 Å². The van der Waals surface area contributed by atoms with Crippen LogP contribution in [0, 0.1) is 0 Å². The number of hydrogen-bond donors (Lipinski definition) is 2. The minimum absolute atomic E-state index is 0.0187. The van der Waals surface area contributed by atoms with E-state index >= 15 is 0 Å². The van der Waals surface area contributed by atoms with Gasteiger partial charge in [-0.1, -0.05) is 38.7 Å². The van der Waals surface area contributed by atoms with Gasteiger partial charge in [-0.15, -0.1) is 0 Å². The Labute approximate surface area is 304 Å².